The number of amides is 1. The van der Waals surface area contributed by atoms with Crippen LogP contribution in [0, 0.1) is 6.92 Å². The molecule has 4 heterocycles. The Morgan fingerprint density at radius 1 is 1.40 bits per heavy atom. The maximum Gasteiger partial charge on any atom is 0.336 e. The van der Waals surface area contributed by atoms with Crippen molar-refractivity contribution in [2.24, 2.45) is 0 Å². The number of carbonyl (C=O) groups is 2. The van der Waals surface area contributed by atoms with Gasteiger partial charge in [0.2, 0.25) is 0 Å². The highest BCUT2D eigenvalue weighted by atomic mass is 32.1. The number of carbonyl (C=O) groups excluding carboxylic acids is 2. The van der Waals surface area contributed by atoms with E-state index in [9.17, 15) is 9.59 Å². The van der Waals surface area contributed by atoms with Gasteiger partial charge in [-0.25, -0.2) is 4.79 Å². The molecule has 0 aliphatic carbocycles. The smallest absolute Gasteiger partial charge is 0.336 e. The molecular weight excluding hydrogens is 424 g/mol. The number of thiophene rings is 2. The Morgan fingerprint density at radius 3 is 2.83 bits per heavy atom. The normalized spacial score (nSPS) is 15.5. The van der Waals surface area contributed by atoms with Crippen LogP contribution in [0.1, 0.15) is 45.6 Å². The number of ether oxygens (including phenoxy) is 1. The fourth-order valence-electron chi connectivity index (χ4n) is 3.42. The number of hydrogen-bond donors (Lipinski definition) is 3. The molecule has 1 atom stereocenters. The number of aromatic nitrogens is 1. The van der Waals surface area contributed by atoms with Crippen LogP contribution in [0.5, 0.6) is 0 Å². The number of rotatable bonds is 5. The second kappa shape index (κ2) is 7.96. The number of nitrogens with zero attached hydrogens (tertiary/aromatic N) is 1. The first kappa shape index (κ1) is 20.2. The van der Waals surface area contributed by atoms with E-state index in [-0.39, 0.29) is 12.5 Å². The van der Waals surface area contributed by atoms with Crippen LogP contribution in [-0.4, -0.2) is 23.6 Å². The van der Waals surface area contributed by atoms with Gasteiger partial charge in [0.1, 0.15) is 10.6 Å². The Hall–Kier alpha value is -3.11. The summed E-state index contributed by atoms with van der Waals surface area (Å²) < 4.78 is 10.3. The summed E-state index contributed by atoms with van der Waals surface area (Å²) in [7, 11) is 0. The molecule has 0 spiro atoms. The standard InChI is InChI=1S/C20H20N4O4S2/c1-4-27-20(26)13-10(3)22-19-15(14(13)11-6-5-7-29-11)16(21)17(30-19)18(25)23-12-8-9(2)28-24-12/h5-8,14,22H,4,21H2,1-3H3,(H,23,24,25). The molecule has 1 unspecified atom stereocenters. The van der Waals surface area contributed by atoms with Crippen LogP contribution in [0.3, 0.4) is 0 Å². The summed E-state index contributed by atoms with van der Waals surface area (Å²) in [5.74, 6) is -0.300. The number of allylic oxidation sites excluding steroid dienone is 1. The van der Waals surface area contributed by atoms with Crippen LogP contribution < -0.4 is 16.4 Å². The topological polar surface area (TPSA) is 119 Å². The van der Waals surface area contributed by atoms with Crippen molar-refractivity contribution in [1.82, 2.24) is 5.16 Å². The molecule has 4 N–H and O–H groups in total. The summed E-state index contributed by atoms with van der Waals surface area (Å²) in [5.41, 5.74) is 8.67. The van der Waals surface area contributed by atoms with Gasteiger partial charge in [0, 0.05) is 22.2 Å². The van der Waals surface area contributed by atoms with Gasteiger partial charge in [-0.05, 0) is 32.2 Å². The Labute approximate surface area is 180 Å². The van der Waals surface area contributed by atoms with Crippen molar-refractivity contribution in [2.75, 3.05) is 23.0 Å². The minimum absolute atomic E-state index is 0.267. The average molecular weight is 445 g/mol. The van der Waals surface area contributed by atoms with Crippen molar-refractivity contribution in [3.8, 4) is 0 Å². The Kier molecular flexibility index (Phi) is 5.35. The maximum atomic E-state index is 12.9. The Balaban J connectivity index is 1.77. The molecule has 10 heteroatoms. The van der Waals surface area contributed by atoms with Gasteiger partial charge in [0.25, 0.3) is 5.91 Å². The summed E-state index contributed by atoms with van der Waals surface area (Å²) in [6, 6.07) is 5.49. The zero-order chi connectivity index (χ0) is 21.4. The van der Waals surface area contributed by atoms with Gasteiger partial charge in [0.05, 0.1) is 28.8 Å². The number of hydrogen-bond acceptors (Lipinski definition) is 9. The van der Waals surface area contributed by atoms with Gasteiger partial charge in [-0.2, -0.15) is 0 Å². The molecular formula is C20H20N4O4S2. The summed E-state index contributed by atoms with van der Waals surface area (Å²) in [5, 5.41) is 12.4. The summed E-state index contributed by atoms with van der Waals surface area (Å²) >= 11 is 2.76. The first-order valence-corrected chi connectivity index (χ1v) is 11.0. The highest BCUT2D eigenvalue weighted by molar-refractivity contribution is 7.19. The highest BCUT2D eigenvalue weighted by Gasteiger charge is 2.38. The monoisotopic (exact) mass is 444 g/mol. The summed E-state index contributed by atoms with van der Waals surface area (Å²) in [6.45, 7) is 5.59. The molecule has 1 aliphatic rings. The first-order chi connectivity index (χ1) is 14.4. The van der Waals surface area contributed by atoms with Gasteiger partial charge < -0.3 is 25.6 Å². The number of anilines is 3. The molecule has 8 nitrogen and oxygen atoms in total. The second-order valence-electron chi connectivity index (χ2n) is 6.70. The van der Waals surface area contributed by atoms with Gasteiger partial charge in [-0.1, -0.05) is 11.2 Å². The van der Waals surface area contributed by atoms with Crippen LogP contribution >= 0.6 is 22.7 Å². The number of nitrogens with one attached hydrogen (secondary N) is 2. The quantitative estimate of drug-likeness (QED) is 0.501. The van der Waals surface area contributed by atoms with E-state index in [2.05, 4.69) is 15.8 Å². The van der Waals surface area contributed by atoms with E-state index < -0.39 is 11.9 Å². The zero-order valence-corrected chi connectivity index (χ0v) is 18.2. The molecule has 3 aromatic heterocycles. The fourth-order valence-corrected chi connectivity index (χ4v) is 5.37. The number of nitrogens with two attached hydrogens (primary N) is 1. The number of aryl methyl sites for hydroxylation is 1. The van der Waals surface area contributed by atoms with E-state index in [4.69, 9.17) is 15.0 Å². The van der Waals surface area contributed by atoms with Crippen molar-refractivity contribution < 1.29 is 18.8 Å². The van der Waals surface area contributed by atoms with E-state index in [0.29, 0.717) is 39.0 Å². The van der Waals surface area contributed by atoms with Crippen molar-refractivity contribution >= 4 is 51.1 Å². The first-order valence-electron chi connectivity index (χ1n) is 9.25. The molecule has 3 aromatic rings. The number of esters is 1. The van der Waals surface area contributed by atoms with E-state index in [1.807, 2.05) is 24.4 Å². The molecule has 30 heavy (non-hydrogen) atoms. The van der Waals surface area contributed by atoms with Crippen LogP contribution in [0.2, 0.25) is 0 Å². The van der Waals surface area contributed by atoms with Gasteiger partial charge >= 0.3 is 5.97 Å². The molecule has 0 bridgehead atoms. The molecule has 1 aliphatic heterocycles. The largest absolute Gasteiger partial charge is 0.463 e. The van der Waals surface area contributed by atoms with Crippen molar-refractivity contribution in [2.45, 2.75) is 26.7 Å². The summed E-state index contributed by atoms with van der Waals surface area (Å²) in [4.78, 5) is 26.9. The van der Waals surface area contributed by atoms with E-state index in [1.54, 1.807) is 19.9 Å². The molecule has 1 amide bonds. The molecule has 156 valence electrons. The van der Waals surface area contributed by atoms with E-state index in [0.717, 1.165) is 9.88 Å². The van der Waals surface area contributed by atoms with Crippen LogP contribution in [0.25, 0.3) is 0 Å². The second-order valence-corrected chi connectivity index (χ2v) is 8.70. The van der Waals surface area contributed by atoms with Crippen LogP contribution in [0.4, 0.5) is 16.5 Å². The lowest BCUT2D eigenvalue weighted by Crippen LogP contribution is -2.23. The Morgan fingerprint density at radius 2 is 2.20 bits per heavy atom. The SMILES string of the molecule is CCOC(=O)C1=C(C)Nc2sc(C(=O)Nc3cc(C)on3)c(N)c2C1c1cccs1. The molecule has 0 saturated heterocycles. The Bertz CT molecular complexity index is 1140. The molecule has 4 rings (SSSR count). The maximum absolute atomic E-state index is 12.9. The fraction of sp³-hybridized carbons (Fsp3) is 0.250. The van der Waals surface area contributed by atoms with Crippen LogP contribution in [-0.2, 0) is 9.53 Å². The number of fused-ring (bicyclic) bond motifs is 1. The predicted octanol–water partition coefficient (Wildman–Crippen LogP) is 4.34. The lowest BCUT2D eigenvalue weighted by molar-refractivity contribution is -0.138. The highest BCUT2D eigenvalue weighted by Crippen LogP contribution is 2.51. The molecule has 0 radical (unpaired) electrons. The average Bonchev–Trinajstić information content (AvgIpc) is 3.42. The number of nitrogen functional groups attached to an aromatic ring is 1. The minimum atomic E-state index is -0.410. The zero-order valence-electron chi connectivity index (χ0n) is 16.6. The summed E-state index contributed by atoms with van der Waals surface area (Å²) in [6.07, 6.45) is 0. The van der Waals surface area contributed by atoms with E-state index >= 15 is 0 Å². The van der Waals surface area contributed by atoms with Gasteiger partial charge in [-0.15, -0.1) is 22.7 Å². The molecule has 0 saturated carbocycles. The van der Waals surface area contributed by atoms with Crippen molar-refractivity contribution in [3.63, 3.8) is 0 Å². The van der Waals surface area contributed by atoms with Crippen LogP contribution in [0.15, 0.2) is 39.4 Å². The lowest BCUT2D eigenvalue weighted by atomic mass is 9.86. The molecule has 0 aromatic carbocycles. The van der Waals surface area contributed by atoms with Crippen molar-refractivity contribution in [1.29, 1.82) is 0 Å². The third kappa shape index (κ3) is 3.48. The lowest BCUT2D eigenvalue weighted by Gasteiger charge is -2.27. The van der Waals surface area contributed by atoms with Crippen molar-refractivity contribution in [3.05, 3.63) is 55.9 Å². The van der Waals surface area contributed by atoms with Gasteiger partial charge in [0.15, 0.2) is 5.82 Å². The predicted molar refractivity (Wildman–Crippen MR) is 117 cm³/mol. The van der Waals surface area contributed by atoms with Gasteiger partial charge in [-0.3, -0.25) is 4.79 Å². The third-order valence-electron chi connectivity index (χ3n) is 4.66. The van der Waals surface area contributed by atoms with E-state index in [1.165, 1.54) is 22.7 Å². The minimum Gasteiger partial charge on any atom is -0.463 e. The molecule has 0 fully saturated rings. The third-order valence-corrected chi connectivity index (χ3v) is 6.74.